The zero-order valence-corrected chi connectivity index (χ0v) is 37.3. The fourth-order valence-electron chi connectivity index (χ4n) is 7.92. The van der Waals surface area contributed by atoms with E-state index in [0.717, 1.165) is 29.4 Å². The highest BCUT2D eigenvalue weighted by molar-refractivity contribution is 5.37. The number of para-hydroxylation sites is 1. The van der Waals surface area contributed by atoms with E-state index in [2.05, 4.69) is 103 Å². The maximum absolute atomic E-state index is 5.54. The van der Waals surface area contributed by atoms with Crippen LogP contribution in [0, 0.1) is 11.3 Å². The van der Waals surface area contributed by atoms with Crippen LogP contribution >= 0.6 is 0 Å². The number of methoxy groups -OCH3 is 1. The number of benzene rings is 2. The standard InChI is InChI=1S/C27H38O.C13H27N.C6H12.2C2H6.CH4/c1-5-21(14-15-23-11-7-8-13-27(23)28-4)18-22(6-2)24-16-17-26-20(3)10-9-12-25(26)19-24;1-4-7-11-14(12-8-5-2)13(6-3)9-10-13;1-3-6(2)4-5-6;2*1-2;/h7-8,11,13,16-17,19-22H,5-6,9-10,12,14-15,18H2,1-4H3;4-12H2,1-3H3;3-5H2,1-2H3;2*1-2H3;1H4. The number of rotatable bonds is 18. The maximum Gasteiger partial charge on any atom is 0.122 e. The number of nitrogens with zero attached hydrogens (tertiary/aromatic N) is 1. The Labute approximate surface area is 334 Å². The third-order valence-electron chi connectivity index (χ3n) is 12.6. The summed E-state index contributed by atoms with van der Waals surface area (Å²) in [6.45, 7) is 29.4. The summed E-state index contributed by atoms with van der Waals surface area (Å²) in [6.07, 6.45) is 24.2. The van der Waals surface area contributed by atoms with Crippen LogP contribution in [0.2, 0.25) is 0 Å². The van der Waals surface area contributed by atoms with Crippen molar-refractivity contribution in [3.05, 3.63) is 64.7 Å². The molecule has 0 bridgehead atoms. The first-order valence-corrected chi connectivity index (χ1v) is 22.7. The molecule has 0 radical (unpaired) electrons. The normalized spacial score (nSPS) is 18.0. The van der Waals surface area contributed by atoms with Crippen molar-refractivity contribution in [1.82, 2.24) is 4.90 Å². The van der Waals surface area contributed by atoms with Crippen LogP contribution < -0.4 is 4.74 Å². The molecule has 3 atom stereocenters. The molecule has 2 fully saturated rings. The molecule has 2 saturated carbocycles. The third kappa shape index (κ3) is 17.7. The Morgan fingerprint density at radius 2 is 1.43 bits per heavy atom. The van der Waals surface area contributed by atoms with Gasteiger partial charge < -0.3 is 4.74 Å². The van der Waals surface area contributed by atoms with Crippen LogP contribution in [0.25, 0.3) is 0 Å². The summed E-state index contributed by atoms with van der Waals surface area (Å²) in [5, 5.41) is 0. The molecule has 2 aromatic carbocycles. The van der Waals surface area contributed by atoms with Gasteiger partial charge in [-0.1, -0.05) is 153 Å². The van der Waals surface area contributed by atoms with E-state index in [-0.39, 0.29) is 7.43 Å². The molecule has 53 heavy (non-hydrogen) atoms. The molecule has 5 rings (SSSR count). The fourth-order valence-corrected chi connectivity index (χ4v) is 7.92. The van der Waals surface area contributed by atoms with E-state index >= 15 is 0 Å². The molecule has 3 aliphatic rings. The zero-order valence-electron chi connectivity index (χ0n) is 37.3. The van der Waals surface area contributed by atoms with Crippen LogP contribution in [0.15, 0.2) is 42.5 Å². The number of ether oxygens (including phenoxy) is 1. The second-order valence-corrected chi connectivity index (χ2v) is 16.2. The molecule has 308 valence electrons. The Balaban J connectivity index is 0.000000897. The van der Waals surface area contributed by atoms with Gasteiger partial charge in [-0.3, -0.25) is 4.90 Å². The van der Waals surface area contributed by atoms with E-state index in [1.54, 1.807) is 23.8 Å². The van der Waals surface area contributed by atoms with Crippen molar-refractivity contribution < 1.29 is 4.74 Å². The molecule has 2 aromatic rings. The summed E-state index contributed by atoms with van der Waals surface area (Å²) in [4.78, 5) is 2.78. The highest BCUT2D eigenvalue weighted by Crippen LogP contribution is 2.47. The lowest BCUT2D eigenvalue weighted by molar-refractivity contribution is 0.166. The van der Waals surface area contributed by atoms with Crippen LogP contribution in [0.4, 0.5) is 0 Å². The van der Waals surface area contributed by atoms with Gasteiger partial charge in [-0.05, 0) is 154 Å². The van der Waals surface area contributed by atoms with Crippen LogP contribution in [0.1, 0.15) is 227 Å². The van der Waals surface area contributed by atoms with Crippen molar-refractivity contribution >= 4 is 0 Å². The summed E-state index contributed by atoms with van der Waals surface area (Å²) in [6, 6.07) is 15.9. The van der Waals surface area contributed by atoms with Gasteiger partial charge >= 0.3 is 0 Å². The van der Waals surface area contributed by atoms with Crippen LogP contribution in [0.3, 0.4) is 0 Å². The minimum Gasteiger partial charge on any atom is -0.496 e. The van der Waals surface area contributed by atoms with Crippen molar-refractivity contribution in [3.63, 3.8) is 0 Å². The predicted octanol–water partition coefficient (Wildman–Crippen LogP) is 16.4. The molecule has 0 N–H and O–H groups in total. The van der Waals surface area contributed by atoms with Gasteiger partial charge in [0, 0.05) is 5.54 Å². The van der Waals surface area contributed by atoms with E-state index in [4.69, 9.17) is 4.74 Å². The number of hydrogen-bond acceptors (Lipinski definition) is 2. The first-order chi connectivity index (χ1) is 25.2. The lowest BCUT2D eigenvalue weighted by atomic mass is 9.79. The first-order valence-electron chi connectivity index (χ1n) is 22.7. The Bertz CT molecular complexity index is 1150. The van der Waals surface area contributed by atoms with Gasteiger partial charge in [-0.15, -0.1) is 0 Å². The number of unbranched alkanes of at least 4 members (excludes halogenated alkanes) is 2. The highest BCUT2D eigenvalue weighted by atomic mass is 16.5. The summed E-state index contributed by atoms with van der Waals surface area (Å²) >= 11 is 0. The Morgan fingerprint density at radius 3 is 1.91 bits per heavy atom. The van der Waals surface area contributed by atoms with Crippen molar-refractivity contribution in [2.24, 2.45) is 11.3 Å². The molecule has 0 spiro atoms. The molecule has 0 heterocycles. The van der Waals surface area contributed by atoms with Gasteiger partial charge in [-0.2, -0.15) is 0 Å². The Kier molecular flexibility index (Phi) is 27.6. The molecule has 0 aliphatic heterocycles. The molecule has 0 aromatic heterocycles. The summed E-state index contributed by atoms with van der Waals surface area (Å²) in [5.41, 5.74) is 7.58. The average molecular weight is 736 g/mol. The second kappa shape index (κ2) is 28.6. The van der Waals surface area contributed by atoms with Crippen LogP contribution in [0.5, 0.6) is 5.75 Å². The number of fused-ring (bicyclic) bond motifs is 1. The van der Waals surface area contributed by atoms with Gasteiger partial charge in [0.1, 0.15) is 5.75 Å². The SMILES string of the molecule is C.CC.CC.CCC(CCc1ccccc1OC)CC(CC)c1ccc2c(c1)CCCC2C.CCC1(C)CC1.CCCCN(CCCC)C1(CC)CC1. The van der Waals surface area contributed by atoms with E-state index in [1.807, 2.05) is 27.7 Å². The molecular formula is C51H93NO. The quantitative estimate of drug-likeness (QED) is 0.151. The van der Waals surface area contributed by atoms with Gasteiger partial charge in [0.2, 0.25) is 0 Å². The zero-order chi connectivity index (χ0) is 39.0. The molecule has 2 nitrogen and oxygen atoms in total. The average Bonchev–Trinajstić information content (AvgIpc) is 4.15. The highest BCUT2D eigenvalue weighted by Gasteiger charge is 2.45. The molecular weight excluding hydrogens is 643 g/mol. The molecule has 3 aliphatic carbocycles. The Hall–Kier alpha value is -1.80. The van der Waals surface area contributed by atoms with Gasteiger partial charge in [0.25, 0.3) is 0 Å². The van der Waals surface area contributed by atoms with E-state index in [0.29, 0.717) is 11.5 Å². The fraction of sp³-hybridized carbons (Fsp3) is 0.765. The summed E-state index contributed by atoms with van der Waals surface area (Å²) in [5.74, 6) is 3.23. The monoisotopic (exact) mass is 736 g/mol. The van der Waals surface area contributed by atoms with Crippen molar-refractivity contribution in [2.45, 2.75) is 223 Å². The molecule has 2 heteroatoms. The second-order valence-electron chi connectivity index (χ2n) is 16.2. The topological polar surface area (TPSA) is 12.5 Å². The number of hydrogen-bond donors (Lipinski definition) is 0. The van der Waals surface area contributed by atoms with Crippen molar-refractivity contribution in [3.8, 4) is 5.75 Å². The van der Waals surface area contributed by atoms with E-state index < -0.39 is 0 Å². The first kappa shape index (κ1) is 51.2. The van der Waals surface area contributed by atoms with E-state index in [1.165, 1.54) is 128 Å². The molecule has 0 saturated heterocycles. The van der Waals surface area contributed by atoms with Gasteiger partial charge in [-0.25, -0.2) is 0 Å². The minimum atomic E-state index is 0. The lowest BCUT2D eigenvalue weighted by Crippen LogP contribution is -2.38. The van der Waals surface area contributed by atoms with E-state index in [9.17, 15) is 0 Å². The van der Waals surface area contributed by atoms with Crippen molar-refractivity contribution in [2.75, 3.05) is 20.2 Å². The Morgan fingerprint density at radius 1 is 0.811 bits per heavy atom. The van der Waals surface area contributed by atoms with Crippen LogP contribution in [-0.2, 0) is 12.8 Å². The van der Waals surface area contributed by atoms with Crippen LogP contribution in [-0.4, -0.2) is 30.6 Å². The lowest BCUT2D eigenvalue weighted by Gasteiger charge is -2.31. The van der Waals surface area contributed by atoms with Crippen molar-refractivity contribution in [1.29, 1.82) is 0 Å². The summed E-state index contributed by atoms with van der Waals surface area (Å²) < 4.78 is 5.54. The number of aryl methyl sites for hydroxylation is 2. The minimum absolute atomic E-state index is 0. The third-order valence-corrected chi connectivity index (χ3v) is 12.6. The molecule has 0 amide bonds. The molecule has 3 unspecified atom stereocenters. The smallest absolute Gasteiger partial charge is 0.122 e. The maximum atomic E-state index is 5.54. The predicted molar refractivity (Wildman–Crippen MR) is 241 cm³/mol. The van der Waals surface area contributed by atoms with Gasteiger partial charge in [0.05, 0.1) is 7.11 Å². The summed E-state index contributed by atoms with van der Waals surface area (Å²) in [7, 11) is 1.78. The van der Waals surface area contributed by atoms with Gasteiger partial charge in [0.15, 0.2) is 0 Å². The largest absolute Gasteiger partial charge is 0.496 e.